The van der Waals surface area contributed by atoms with Gasteiger partial charge in [-0.15, -0.1) is 0 Å². The van der Waals surface area contributed by atoms with E-state index in [2.05, 4.69) is 43.8 Å². The van der Waals surface area contributed by atoms with Gasteiger partial charge in [-0.3, -0.25) is 0 Å². The molecule has 1 aromatic carbocycles. The standard InChI is InChI=1S/C28H37N/c1-3-7-23-11-15-27(16-12-23)28-19-17-26(18-20-28)22(2)25-13-9-24(10-14-25)8-5-4-6-21-29/h4-6,8,11-12,15-16,24-26,28H,2-3,7,9-10,13-14,17-20H2,1H3. The molecule has 0 aromatic heterocycles. The van der Waals surface area contributed by atoms with Gasteiger partial charge in [-0.1, -0.05) is 68.0 Å². The van der Waals surface area contributed by atoms with E-state index in [9.17, 15) is 0 Å². The first-order valence-electron chi connectivity index (χ1n) is 11.7. The maximum atomic E-state index is 8.55. The fourth-order valence-electron chi connectivity index (χ4n) is 5.38. The van der Waals surface area contributed by atoms with Crippen LogP contribution in [0.25, 0.3) is 0 Å². The van der Waals surface area contributed by atoms with E-state index in [4.69, 9.17) is 5.26 Å². The number of benzene rings is 1. The molecular formula is C28H37N. The molecule has 2 saturated carbocycles. The van der Waals surface area contributed by atoms with Gasteiger partial charge in [-0.05, 0) is 92.6 Å². The van der Waals surface area contributed by atoms with Crippen LogP contribution >= 0.6 is 0 Å². The lowest BCUT2D eigenvalue weighted by Crippen LogP contribution is -2.22. The van der Waals surface area contributed by atoms with Gasteiger partial charge in [-0.25, -0.2) is 0 Å². The first-order valence-corrected chi connectivity index (χ1v) is 11.7. The molecule has 0 saturated heterocycles. The summed E-state index contributed by atoms with van der Waals surface area (Å²) in [6.07, 6.45) is 20.5. The molecule has 0 radical (unpaired) electrons. The van der Waals surface area contributed by atoms with Crippen molar-refractivity contribution >= 4 is 0 Å². The Morgan fingerprint density at radius 2 is 1.59 bits per heavy atom. The van der Waals surface area contributed by atoms with Crippen LogP contribution in [0.2, 0.25) is 0 Å². The van der Waals surface area contributed by atoms with Crippen molar-refractivity contribution in [2.45, 2.75) is 77.0 Å². The molecular weight excluding hydrogens is 350 g/mol. The smallest absolute Gasteiger partial charge is 0.0912 e. The van der Waals surface area contributed by atoms with Crippen LogP contribution in [0.15, 0.2) is 60.7 Å². The maximum Gasteiger partial charge on any atom is 0.0912 e. The van der Waals surface area contributed by atoms with E-state index in [1.54, 1.807) is 17.2 Å². The number of rotatable bonds is 7. The van der Waals surface area contributed by atoms with Gasteiger partial charge < -0.3 is 0 Å². The van der Waals surface area contributed by atoms with Crippen LogP contribution in [0.1, 0.15) is 81.8 Å². The van der Waals surface area contributed by atoms with Crippen LogP contribution < -0.4 is 0 Å². The summed E-state index contributed by atoms with van der Waals surface area (Å²) in [5, 5.41) is 8.55. The highest BCUT2D eigenvalue weighted by Gasteiger charge is 2.29. The number of nitriles is 1. The van der Waals surface area contributed by atoms with E-state index >= 15 is 0 Å². The molecule has 1 aromatic rings. The molecule has 0 atom stereocenters. The van der Waals surface area contributed by atoms with Gasteiger partial charge in [-0.2, -0.15) is 5.26 Å². The molecule has 1 heteroatoms. The molecule has 2 fully saturated rings. The lowest BCUT2D eigenvalue weighted by Gasteiger charge is -2.36. The summed E-state index contributed by atoms with van der Waals surface area (Å²) < 4.78 is 0. The van der Waals surface area contributed by atoms with Crippen molar-refractivity contribution in [1.29, 1.82) is 5.26 Å². The predicted octanol–water partition coefficient (Wildman–Crippen LogP) is 7.91. The Morgan fingerprint density at radius 1 is 0.966 bits per heavy atom. The van der Waals surface area contributed by atoms with Gasteiger partial charge in [0.25, 0.3) is 0 Å². The summed E-state index contributed by atoms with van der Waals surface area (Å²) in [5.41, 5.74) is 4.57. The molecule has 29 heavy (non-hydrogen) atoms. The monoisotopic (exact) mass is 387 g/mol. The molecule has 0 spiro atoms. The minimum atomic E-state index is 0.675. The van der Waals surface area contributed by atoms with E-state index in [0.717, 1.165) is 17.8 Å². The molecule has 0 heterocycles. The van der Waals surface area contributed by atoms with Gasteiger partial charge in [0.15, 0.2) is 0 Å². The van der Waals surface area contributed by atoms with Crippen LogP contribution in [0.3, 0.4) is 0 Å². The second-order valence-electron chi connectivity index (χ2n) is 9.10. The van der Waals surface area contributed by atoms with Crippen LogP contribution in [-0.2, 0) is 6.42 Å². The maximum absolute atomic E-state index is 8.55. The van der Waals surface area contributed by atoms with Gasteiger partial charge in [0, 0.05) is 6.08 Å². The second-order valence-corrected chi connectivity index (χ2v) is 9.10. The molecule has 0 aliphatic heterocycles. The number of nitrogens with zero attached hydrogens (tertiary/aromatic N) is 1. The Hall–Kier alpha value is -2.07. The fraction of sp³-hybridized carbons (Fsp3) is 0.536. The van der Waals surface area contributed by atoms with Crippen molar-refractivity contribution in [2.75, 3.05) is 0 Å². The summed E-state index contributed by atoms with van der Waals surface area (Å²) in [6.45, 7) is 6.83. The quantitative estimate of drug-likeness (QED) is 0.265. The summed E-state index contributed by atoms with van der Waals surface area (Å²) in [5.74, 6) is 2.89. The fourth-order valence-corrected chi connectivity index (χ4v) is 5.38. The molecule has 0 N–H and O–H groups in total. The van der Waals surface area contributed by atoms with Gasteiger partial charge >= 0.3 is 0 Å². The lowest BCUT2D eigenvalue weighted by atomic mass is 9.70. The largest absolute Gasteiger partial charge is 0.193 e. The van der Waals surface area contributed by atoms with Gasteiger partial charge in [0.05, 0.1) is 6.07 Å². The third-order valence-corrected chi connectivity index (χ3v) is 7.20. The highest BCUT2D eigenvalue weighted by atomic mass is 14.3. The van der Waals surface area contributed by atoms with Crippen molar-refractivity contribution in [3.63, 3.8) is 0 Å². The predicted molar refractivity (Wildman–Crippen MR) is 124 cm³/mol. The van der Waals surface area contributed by atoms with E-state index in [1.165, 1.54) is 69.8 Å². The summed E-state index contributed by atoms with van der Waals surface area (Å²) >= 11 is 0. The zero-order valence-electron chi connectivity index (χ0n) is 18.2. The average molecular weight is 388 g/mol. The summed E-state index contributed by atoms with van der Waals surface area (Å²) in [4.78, 5) is 0. The Balaban J connectivity index is 1.44. The zero-order chi connectivity index (χ0) is 20.5. The second kappa shape index (κ2) is 11.2. The highest BCUT2D eigenvalue weighted by Crippen LogP contribution is 2.43. The molecule has 2 aliphatic carbocycles. The van der Waals surface area contributed by atoms with Crippen LogP contribution in [0.5, 0.6) is 0 Å². The van der Waals surface area contributed by atoms with Crippen molar-refractivity contribution in [3.8, 4) is 6.07 Å². The van der Waals surface area contributed by atoms with E-state index < -0.39 is 0 Å². The average Bonchev–Trinajstić information content (AvgIpc) is 2.78. The summed E-state index contributed by atoms with van der Waals surface area (Å²) in [7, 11) is 0. The van der Waals surface area contributed by atoms with Crippen LogP contribution in [-0.4, -0.2) is 0 Å². The number of aryl methyl sites for hydroxylation is 1. The number of hydrogen-bond donors (Lipinski definition) is 0. The molecule has 0 unspecified atom stereocenters. The van der Waals surface area contributed by atoms with Crippen molar-refractivity contribution in [1.82, 2.24) is 0 Å². The molecule has 1 nitrogen and oxygen atoms in total. The zero-order valence-corrected chi connectivity index (χ0v) is 18.2. The Morgan fingerprint density at radius 3 is 2.17 bits per heavy atom. The normalized spacial score (nSPS) is 27.9. The van der Waals surface area contributed by atoms with Gasteiger partial charge in [0.2, 0.25) is 0 Å². The first-order chi connectivity index (χ1) is 14.2. The SMILES string of the molecule is C=C(C1CCC(C=CC=CC#N)CC1)C1CCC(c2ccc(CCC)cc2)CC1. The van der Waals surface area contributed by atoms with E-state index in [0.29, 0.717) is 5.92 Å². The van der Waals surface area contributed by atoms with Crippen molar-refractivity contribution < 1.29 is 0 Å². The molecule has 2 aliphatic rings. The third kappa shape index (κ3) is 6.20. The minimum Gasteiger partial charge on any atom is -0.193 e. The number of hydrogen-bond acceptors (Lipinski definition) is 1. The van der Waals surface area contributed by atoms with Crippen LogP contribution in [0, 0.1) is 29.1 Å². The Bertz CT molecular complexity index is 730. The topological polar surface area (TPSA) is 23.8 Å². The first kappa shape index (κ1) is 21.6. The lowest BCUT2D eigenvalue weighted by molar-refractivity contribution is 0.290. The molecule has 0 bridgehead atoms. The third-order valence-electron chi connectivity index (χ3n) is 7.20. The summed E-state index contributed by atoms with van der Waals surface area (Å²) in [6, 6.07) is 11.5. The van der Waals surface area contributed by atoms with Crippen molar-refractivity contribution in [3.05, 3.63) is 71.8 Å². The molecule has 154 valence electrons. The van der Waals surface area contributed by atoms with Crippen molar-refractivity contribution in [2.24, 2.45) is 17.8 Å². The highest BCUT2D eigenvalue weighted by molar-refractivity contribution is 5.26. The Labute approximate surface area is 178 Å². The number of allylic oxidation sites excluding steroid dienone is 5. The minimum absolute atomic E-state index is 0.675. The molecule has 3 rings (SSSR count). The molecule has 0 amide bonds. The van der Waals surface area contributed by atoms with E-state index in [-0.39, 0.29) is 0 Å². The van der Waals surface area contributed by atoms with E-state index in [1.807, 2.05) is 18.2 Å². The van der Waals surface area contributed by atoms with Gasteiger partial charge in [0.1, 0.15) is 0 Å². The van der Waals surface area contributed by atoms with Crippen LogP contribution in [0.4, 0.5) is 0 Å². The Kier molecular flexibility index (Phi) is 8.36.